The van der Waals surface area contributed by atoms with Crippen LogP contribution in [0.5, 0.6) is 0 Å². The number of carbonyl (C=O) groups excluding carboxylic acids is 4. The number of ether oxygens (including phenoxy) is 6. The van der Waals surface area contributed by atoms with E-state index in [9.17, 15) is 19.2 Å². The average molecular weight is 665 g/mol. The van der Waals surface area contributed by atoms with Crippen LogP contribution in [0, 0.1) is 5.41 Å². The van der Waals surface area contributed by atoms with E-state index in [-0.39, 0.29) is 16.7 Å². The lowest BCUT2D eigenvalue weighted by molar-refractivity contribution is -0.274. The molecule has 1 fully saturated rings. The predicted octanol–water partition coefficient (Wildman–Crippen LogP) is 4.93. The lowest BCUT2D eigenvalue weighted by atomic mass is 9.97. The zero-order chi connectivity index (χ0) is 31.9. The molecule has 1 aliphatic rings. The molecule has 230 valence electrons. The fraction of sp³-hybridized carbons (Fsp3) is 0.233. The Morgan fingerprint density at radius 1 is 0.636 bits per heavy atom. The van der Waals surface area contributed by atoms with Gasteiger partial charge in [-0.15, -0.1) is 0 Å². The van der Waals surface area contributed by atoms with E-state index in [1.807, 2.05) is 0 Å². The molecule has 1 N–H and O–H groups in total. The third kappa shape index (κ3) is 8.06. The summed E-state index contributed by atoms with van der Waals surface area (Å²) < 4.78 is 30.8. The van der Waals surface area contributed by atoms with Crippen molar-refractivity contribution >= 4 is 64.6 Å². The summed E-state index contributed by atoms with van der Waals surface area (Å²) in [5, 5.41) is 8.10. The third-order valence-electron chi connectivity index (χ3n) is 6.18. The molecule has 11 nitrogen and oxygen atoms in total. The van der Waals surface area contributed by atoms with E-state index < -0.39 is 64.3 Å². The summed E-state index contributed by atoms with van der Waals surface area (Å²) in [7, 11) is 1.04. The van der Waals surface area contributed by atoms with Crippen LogP contribution in [0.3, 0.4) is 0 Å². The number of hydrogen-bond donors (Lipinski definition) is 1. The maximum absolute atomic E-state index is 13.3. The molecular weight excluding hydrogens is 641 g/mol. The standard InChI is InChI=1S/C30H24Cl3NO10/c1-39-27(38)22-20(40-24(35)17-11-5-2-6-12-17)21(41-25(36)18-13-7-3-8-14-18)23(28(43-22)44-29(34)30(31,32)33)42-26(37)19-15-9-4-10-16-19/h2-16,20-23,28,34H,1H3. The summed E-state index contributed by atoms with van der Waals surface area (Å²) >= 11 is 17.4. The van der Waals surface area contributed by atoms with Crippen LogP contribution >= 0.6 is 34.8 Å². The fourth-order valence-corrected chi connectivity index (χ4v) is 4.21. The van der Waals surface area contributed by atoms with Gasteiger partial charge < -0.3 is 28.4 Å². The van der Waals surface area contributed by atoms with Gasteiger partial charge in [0.1, 0.15) is 0 Å². The highest BCUT2D eigenvalue weighted by Crippen LogP contribution is 2.35. The first-order valence-corrected chi connectivity index (χ1v) is 14.0. The number of rotatable bonds is 8. The highest BCUT2D eigenvalue weighted by Gasteiger charge is 2.57. The minimum absolute atomic E-state index is 0.0707. The van der Waals surface area contributed by atoms with Crippen molar-refractivity contribution in [2.75, 3.05) is 7.11 Å². The summed E-state index contributed by atoms with van der Waals surface area (Å²) in [5.41, 5.74) is 0.226. The SMILES string of the molecule is COC(=O)C1OC(OC(=N)C(Cl)(Cl)Cl)C(OC(=O)c2ccccc2)C(OC(=O)c2ccccc2)C1OC(=O)c1ccccc1. The van der Waals surface area contributed by atoms with E-state index in [0.29, 0.717) is 0 Å². The molecule has 0 saturated carbocycles. The lowest BCUT2D eigenvalue weighted by Crippen LogP contribution is -2.64. The number of carbonyl (C=O) groups is 4. The van der Waals surface area contributed by atoms with Crippen molar-refractivity contribution in [1.82, 2.24) is 0 Å². The highest BCUT2D eigenvalue weighted by atomic mass is 35.6. The maximum Gasteiger partial charge on any atom is 0.339 e. The normalized spacial score (nSPS) is 21.3. The van der Waals surface area contributed by atoms with Gasteiger partial charge in [0.15, 0.2) is 18.3 Å². The van der Waals surface area contributed by atoms with Crippen molar-refractivity contribution in [2.24, 2.45) is 0 Å². The van der Waals surface area contributed by atoms with Gasteiger partial charge in [0.05, 0.1) is 23.8 Å². The van der Waals surface area contributed by atoms with Crippen molar-refractivity contribution in [2.45, 2.75) is 34.5 Å². The Hall–Kier alpha value is -4.16. The van der Waals surface area contributed by atoms with E-state index in [0.717, 1.165) is 7.11 Å². The molecule has 1 saturated heterocycles. The first kappa shape index (κ1) is 32.7. The molecule has 0 bridgehead atoms. The molecule has 3 aromatic rings. The number of alkyl halides is 3. The molecule has 4 rings (SSSR count). The Morgan fingerprint density at radius 2 is 1.02 bits per heavy atom. The topological polar surface area (TPSA) is 148 Å². The third-order valence-corrected chi connectivity index (χ3v) is 6.69. The predicted molar refractivity (Wildman–Crippen MR) is 157 cm³/mol. The van der Waals surface area contributed by atoms with Crippen molar-refractivity contribution in [3.8, 4) is 0 Å². The van der Waals surface area contributed by atoms with Gasteiger partial charge in [-0.2, -0.15) is 0 Å². The highest BCUT2D eigenvalue weighted by molar-refractivity contribution is 6.76. The van der Waals surface area contributed by atoms with Gasteiger partial charge in [-0.3, -0.25) is 5.41 Å². The van der Waals surface area contributed by atoms with Crippen LogP contribution in [0.1, 0.15) is 31.1 Å². The number of methoxy groups -OCH3 is 1. The number of hydrogen-bond acceptors (Lipinski definition) is 11. The van der Waals surface area contributed by atoms with E-state index in [1.165, 1.54) is 36.4 Å². The number of benzene rings is 3. The monoisotopic (exact) mass is 663 g/mol. The molecule has 1 aliphatic heterocycles. The molecule has 0 radical (unpaired) electrons. The van der Waals surface area contributed by atoms with E-state index in [2.05, 4.69) is 0 Å². The van der Waals surface area contributed by atoms with Gasteiger partial charge in [-0.05, 0) is 36.4 Å². The van der Waals surface area contributed by atoms with Gasteiger partial charge in [0, 0.05) is 0 Å². The van der Waals surface area contributed by atoms with Crippen LogP contribution in [-0.4, -0.2) is 71.4 Å². The maximum atomic E-state index is 13.3. The fourth-order valence-electron chi connectivity index (χ4n) is 4.08. The smallest absolute Gasteiger partial charge is 0.339 e. The van der Waals surface area contributed by atoms with Crippen molar-refractivity contribution in [1.29, 1.82) is 5.41 Å². The number of nitrogens with one attached hydrogen (secondary N) is 1. The van der Waals surface area contributed by atoms with Gasteiger partial charge in [0.25, 0.3) is 3.79 Å². The minimum atomic E-state index is -2.41. The van der Waals surface area contributed by atoms with Crippen molar-refractivity contribution < 1.29 is 47.6 Å². The molecule has 3 aromatic carbocycles. The number of esters is 4. The van der Waals surface area contributed by atoms with E-state index in [1.54, 1.807) is 54.6 Å². The van der Waals surface area contributed by atoms with Crippen molar-refractivity contribution in [3.63, 3.8) is 0 Å². The van der Waals surface area contributed by atoms with Crippen molar-refractivity contribution in [3.05, 3.63) is 108 Å². The second kappa shape index (κ2) is 14.5. The van der Waals surface area contributed by atoms with Gasteiger partial charge in [-0.25, -0.2) is 19.2 Å². The van der Waals surface area contributed by atoms with Crippen LogP contribution in [0.25, 0.3) is 0 Å². The molecule has 0 amide bonds. The minimum Gasteiger partial charge on any atom is -0.467 e. The molecular formula is C30H24Cl3NO10. The largest absolute Gasteiger partial charge is 0.467 e. The molecule has 0 aromatic heterocycles. The van der Waals surface area contributed by atoms with E-state index in [4.69, 9.17) is 68.6 Å². The molecule has 1 heterocycles. The van der Waals surface area contributed by atoms with Crippen LogP contribution in [-0.2, 0) is 33.2 Å². The molecule has 0 spiro atoms. The second-order valence-corrected chi connectivity index (χ2v) is 11.4. The Labute approximate surface area is 266 Å². The summed E-state index contributed by atoms with van der Waals surface area (Å²) in [6.07, 6.45) is -9.08. The molecule has 5 unspecified atom stereocenters. The second-order valence-electron chi connectivity index (χ2n) is 9.10. The van der Waals surface area contributed by atoms with Gasteiger partial charge >= 0.3 is 23.9 Å². The Bertz CT molecular complexity index is 1490. The molecule has 0 aliphatic carbocycles. The van der Waals surface area contributed by atoms with Crippen LogP contribution in [0.4, 0.5) is 0 Å². The zero-order valence-electron chi connectivity index (χ0n) is 22.8. The van der Waals surface area contributed by atoms with Crippen LogP contribution in [0.15, 0.2) is 91.0 Å². The summed E-state index contributed by atoms with van der Waals surface area (Å²) in [4.78, 5) is 52.8. The molecule has 5 atom stereocenters. The molecule has 44 heavy (non-hydrogen) atoms. The van der Waals surface area contributed by atoms with Gasteiger partial charge in [-0.1, -0.05) is 89.4 Å². The Balaban J connectivity index is 1.81. The van der Waals surface area contributed by atoms with E-state index >= 15 is 0 Å². The van der Waals surface area contributed by atoms with Gasteiger partial charge in [0.2, 0.25) is 18.3 Å². The lowest BCUT2D eigenvalue weighted by Gasteiger charge is -2.43. The number of halogens is 3. The summed E-state index contributed by atoms with van der Waals surface area (Å²) in [6, 6.07) is 23.1. The Morgan fingerprint density at radius 3 is 1.41 bits per heavy atom. The van der Waals surface area contributed by atoms with Crippen LogP contribution < -0.4 is 0 Å². The summed E-state index contributed by atoms with van der Waals surface area (Å²) in [6.45, 7) is 0. The zero-order valence-corrected chi connectivity index (χ0v) is 25.0. The quantitative estimate of drug-likeness (QED) is 0.116. The van der Waals surface area contributed by atoms with Crippen LogP contribution in [0.2, 0.25) is 0 Å². The molecule has 14 heteroatoms. The summed E-state index contributed by atoms with van der Waals surface area (Å²) in [5.74, 6) is -4.89. The average Bonchev–Trinajstić information content (AvgIpc) is 3.03. The Kier molecular flexibility index (Phi) is 10.8. The first-order chi connectivity index (χ1) is 21.0. The first-order valence-electron chi connectivity index (χ1n) is 12.8.